The van der Waals surface area contributed by atoms with E-state index < -0.39 is 12.2 Å². The molecule has 0 radical (unpaired) electrons. The van der Waals surface area contributed by atoms with Gasteiger partial charge in [0.15, 0.2) is 0 Å². The van der Waals surface area contributed by atoms with Gasteiger partial charge < -0.3 is 49.3 Å². The lowest BCUT2D eigenvalue weighted by molar-refractivity contribution is -0.132. The third-order valence-corrected chi connectivity index (χ3v) is 10.1. The Labute approximate surface area is 298 Å². The maximum Gasteiger partial charge on any atom is 0.407 e. The minimum atomic E-state index is -0.648. The molecule has 0 bridgehead atoms. The van der Waals surface area contributed by atoms with Crippen LogP contribution in [-0.2, 0) is 32.3 Å². The number of aromatic nitrogens is 4. The van der Waals surface area contributed by atoms with E-state index in [0.717, 1.165) is 82.0 Å². The number of amides is 4. The smallest absolute Gasteiger partial charge is 0.407 e. The Hall–Kier alpha value is -6.06. The van der Waals surface area contributed by atoms with Crippen LogP contribution in [0.3, 0.4) is 0 Å². The first kappa shape index (κ1) is 33.1. The lowest BCUT2D eigenvalue weighted by atomic mass is 9.87. The molecule has 2 saturated heterocycles. The second-order valence-corrected chi connectivity index (χ2v) is 13.1. The Morgan fingerprint density at radius 2 is 1.17 bits per heavy atom. The highest BCUT2D eigenvalue weighted by Crippen LogP contribution is 2.51. The van der Waals surface area contributed by atoms with Gasteiger partial charge in [-0.2, -0.15) is 0 Å². The van der Waals surface area contributed by atoms with Crippen LogP contribution >= 0.6 is 0 Å². The van der Waals surface area contributed by atoms with E-state index in [-0.39, 0.29) is 37.0 Å². The lowest BCUT2D eigenvalue weighted by Crippen LogP contribution is -2.40. The number of methoxy groups -OCH3 is 2. The van der Waals surface area contributed by atoms with E-state index in [1.165, 1.54) is 14.2 Å². The number of benzene rings is 2. The van der Waals surface area contributed by atoms with Crippen molar-refractivity contribution in [2.75, 3.05) is 40.4 Å². The molecule has 2 aromatic heterocycles. The number of carbonyl (C=O) groups is 4. The quantitative estimate of drug-likeness (QED) is 0.208. The van der Waals surface area contributed by atoms with Gasteiger partial charge in [-0.25, -0.2) is 19.6 Å². The van der Waals surface area contributed by atoms with Gasteiger partial charge in [-0.1, -0.05) is 0 Å². The number of nitrogens with zero attached hydrogens (tertiary/aromatic N) is 4. The number of aromatic amines is 2. The Morgan fingerprint density at radius 1 is 0.731 bits per heavy atom. The van der Waals surface area contributed by atoms with Gasteiger partial charge >= 0.3 is 12.2 Å². The zero-order valence-corrected chi connectivity index (χ0v) is 28.7. The van der Waals surface area contributed by atoms with E-state index in [4.69, 9.17) is 9.47 Å². The van der Waals surface area contributed by atoms with E-state index >= 15 is 0 Å². The van der Waals surface area contributed by atoms with Crippen molar-refractivity contribution < 1.29 is 38.1 Å². The van der Waals surface area contributed by atoms with Gasteiger partial charge in [0, 0.05) is 46.5 Å². The Morgan fingerprint density at radius 3 is 1.60 bits per heavy atom. The van der Waals surface area contributed by atoms with Crippen LogP contribution in [0.4, 0.5) is 9.59 Å². The van der Waals surface area contributed by atoms with Crippen LogP contribution in [0.5, 0.6) is 11.5 Å². The monoisotopic (exact) mass is 710 g/mol. The molecule has 4 aliphatic rings. The average molecular weight is 711 g/mol. The van der Waals surface area contributed by atoms with Gasteiger partial charge in [0.05, 0.1) is 50.1 Å². The van der Waals surface area contributed by atoms with E-state index in [9.17, 15) is 19.2 Å². The first-order valence-corrected chi connectivity index (χ1v) is 17.2. The second kappa shape index (κ2) is 13.6. The number of H-pyrrole nitrogens is 2. The molecular formula is C36H38N8O8. The zero-order valence-electron chi connectivity index (χ0n) is 28.7. The Kier molecular flexibility index (Phi) is 8.64. The van der Waals surface area contributed by atoms with Crippen LogP contribution in [0.25, 0.3) is 33.6 Å². The standard InChI is InChI=1S/C36H38N8O8/c1-49-35(47)39-15-29(45)43-7-3-5-25(43)33-37-13-23(41-33)19-9-21-17-52-28-12-20(10-22-18-51-27(11-19)31(21)32(22)28)24-14-38-34(42-24)26-6-4-8-44(26)30(46)16-40-36(48)50-2/h9-14,25-26H,3-8,15-18H2,1-2H3,(H,37,41)(H,38,42)(H,39,47)(H,40,48)/t25-,26+. The molecule has 2 atom stereocenters. The predicted octanol–water partition coefficient (Wildman–Crippen LogP) is 3.96. The fourth-order valence-corrected chi connectivity index (χ4v) is 7.64. The van der Waals surface area contributed by atoms with Crippen molar-refractivity contribution >= 4 is 24.0 Å². The van der Waals surface area contributed by atoms with Gasteiger partial charge in [-0.05, 0) is 49.9 Å². The summed E-state index contributed by atoms with van der Waals surface area (Å²) in [7, 11) is 2.52. The van der Waals surface area contributed by atoms with Gasteiger partial charge in [0.2, 0.25) is 11.8 Å². The second-order valence-electron chi connectivity index (χ2n) is 13.1. The van der Waals surface area contributed by atoms with Crippen LogP contribution < -0.4 is 20.1 Å². The van der Waals surface area contributed by atoms with E-state index in [0.29, 0.717) is 38.0 Å². The fraction of sp³-hybridized carbons (Fsp3) is 0.389. The minimum absolute atomic E-state index is 0.142. The number of carbonyl (C=O) groups excluding carboxylic acids is 4. The van der Waals surface area contributed by atoms with E-state index in [1.807, 2.05) is 12.1 Å². The Balaban J connectivity index is 1.01. The third kappa shape index (κ3) is 6.03. The molecule has 8 rings (SSSR count). The molecule has 4 amide bonds. The maximum atomic E-state index is 12.9. The molecule has 16 nitrogen and oxygen atoms in total. The number of likely N-dealkylation sites (tertiary alicyclic amines) is 2. The molecule has 2 aromatic carbocycles. The Bertz CT molecular complexity index is 1880. The molecule has 6 heterocycles. The summed E-state index contributed by atoms with van der Waals surface area (Å²) in [4.78, 5) is 68.3. The molecule has 270 valence electrons. The number of hydrogen-bond acceptors (Lipinski definition) is 10. The third-order valence-electron chi connectivity index (χ3n) is 10.1. The predicted molar refractivity (Wildman–Crippen MR) is 184 cm³/mol. The summed E-state index contributed by atoms with van der Waals surface area (Å²) in [5, 5.41) is 4.93. The van der Waals surface area contributed by atoms with E-state index in [2.05, 4.69) is 52.2 Å². The maximum absolute atomic E-state index is 12.9. The van der Waals surface area contributed by atoms with Crippen molar-refractivity contribution in [2.24, 2.45) is 0 Å². The fourth-order valence-electron chi connectivity index (χ4n) is 7.64. The van der Waals surface area contributed by atoms with Gasteiger partial charge in [0.1, 0.15) is 49.5 Å². The molecule has 16 heteroatoms. The van der Waals surface area contributed by atoms with Gasteiger partial charge in [-0.3, -0.25) is 9.59 Å². The largest absolute Gasteiger partial charge is 0.488 e. The number of nitrogens with one attached hydrogen (secondary N) is 4. The average Bonchev–Trinajstić information content (AvgIpc) is 4.01. The molecule has 52 heavy (non-hydrogen) atoms. The molecule has 4 aromatic rings. The molecule has 0 unspecified atom stereocenters. The topological polar surface area (TPSA) is 193 Å². The summed E-state index contributed by atoms with van der Waals surface area (Å²) in [5.74, 6) is 2.51. The molecule has 2 fully saturated rings. The number of alkyl carbamates (subject to hydrolysis) is 2. The van der Waals surface area contributed by atoms with E-state index in [1.54, 1.807) is 22.2 Å². The minimum Gasteiger partial charge on any atom is -0.488 e. The molecule has 0 spiro atoms. The van der Waals surface area contributed by atoms with Crippen molar-refractivity contribution in [1.29, 1.82) is 0 Å². The van der Waals surface area contributed by atoms with Crippen LogP contribution in [0.2, 0.25) is 0 Å². The summed E-state index contributed by atoms with van der Waals surface area (Å²) in [6, 6.07) is 7.74. The van der Waals surface area contributed by atoms with Crippen LogP contribution in [0.1, 0.15) is 60.5 Å². The summed E-state index contributed by atoms with van der Waals surface area (Å²) < 4.78 is 21.9. The number of hydrogen-bond donors (Lipinski definition) is 4. The van der Waals surface area contributed by atoms with Crippen molar-refractivity contribution in [3.63, 3.8) is 0 Å². The van der Waals surface area contributed by atoms with Crippen molar-refractivity contribution in [3.8, 4) is 45.1 Å². The summed E-state index contributed by atoms with van der Waals surface area (Å²) in [6.45, 7) is 1.58. The number of imidazole rings is 2. The number of rotatable bonds is 8. The molecular weight excluding hydrogens is 672 g/mol. The van der Waals surface area contributed by atoms with Crippen LogP contribution in [0, 0.1) is 0 Å². The summed E-state index contributed by atoms with van der Waals surface area (Å²) in [6.07, 6.45) is 5.44. The lowest BCUT2D eigenvalue weighted by Gasteiger charge is -2.30. The van der Waals surface area contributed by atoms with Crippen molar-refractivity contribution in [1.82, 2.24) is 40.4 Å². The van der Waals surface area contributed by atoms with Gasteiger partial charge in [-0.15, -0.1) is 0 Å². The zero-order chi connectivity index (χ0) is 35.9. The number of ether oxygens (including phenoxy) is 4. The molecule has 4 N–H and O–H groups in total. The highest BCUT2D eigenvalue weighted by molar-refractivity contribution is 5.88. The van der Waals surface area contributed by atoms with Gasteiger partial charge in [0.25, 0.3) is 0 Å². The van der Waals surface area contributed by atoms with Crippen molar-refractivity contribution in [2.45, 2.75) is 51.0 Å². The first-order chi connectivity index (χ1) is 25.3. The molecule has 0 aliphatic carbocycles. The summed E-state index contributed by atoms with van der Waals surface area (Å²) in [5.41, 5.74) is 7.40. The highest BCUT2D eigenvalue weighted by atomic mass is 16.5. The molecule has 4 aliphatic heterocycles. The first-order valence-electron chi connectivity index (χ1n) is 17.2. The normalized spacial score (nSPS) is 18.3. The highest BCUT2D eigenvalue weighted by Gasteiger charge is 2.35. The summed E-state index contributed by atoms with van der Waals surface area (Å²) >= 11 is 0. The van der Waals surface area contributed by atoms with Crippen LogP contribution in [-0.4, -0.2) is 94.1 Å². The van der Waals surface area contributed by atoms with Crippen LogP contribution in [0.15, 0.2) is 36.7 Å². The molecule has 0 saturated carbocycles. The van der Waals surface area contributed by atoms with Crippen molar-refractivity contribution in [3.05, 3.63) is 59.4 Å². The SMILES string of the molecule is COC(=O)NCC(=O)N1CCC[C@@H]1c1ncc(-c2cc3c4c(c2)OCc2cc(-c5cnc([C@@H]6CCCN6C(=O)CNC(=O)OC)[nH]5)cc(c2-4)OC3)[nH]1.